The quantitative estimate of drug-likeness (QED) is 0.181. The van der Waals surface area contributed by atoms with Crippen LogP contribution in [0, 0.1) is 0 Å². The van der Waals surface area contributed by atoms with Crippen LogP contribution in [-0.2, 0) is 0 Å². The van der Waals surface area contributed by atoms with Crippen LogP contribution >= 0.6 is 0 Å². The summed E-state index contributed by atoms with van der Waals surface area (Å²) in [5, 5.41) is 8.05. The van der Waals surface area contributed by atoms with Gasteiger partial charge in [-0.2, -0.15) is 0 Å². The summed E-state index contributed by atoms with van der Waals surface area (Å²) in [6.45, 7) is 0. The monoisotopic (exact) mass is 694 g/mol. The summed E-state index contributed by atoms with van der Waals surface area (Å²) in [5.74, 6) is 1.44. The van der Waals surface area contributed by atoms with Gasteiger partial charge in [0.1, 0.15) is 23.2 Å². The fourth-order valence-electron chi connectivity index (χ4n) is 7.58. The van der Waals surface area contributed by atoms with Crippen molar-refractivity contribution in [2.75, 3.05) is 4.90 Å². The van der Waals surface area contributed by atoms with Gasteiger partial charge in [0.2, 0.25) is 0 Å². The maximum Gasteiger partial charge on any atom is 0.159 e. The van der Waals surface area contributed by atoms with E-state index in [1.165, 1.54) is 0 Å². The van der Waals surface area contributed by atoms with E-state index in [0.29, 0.717) is 5.84 Å². The standard InChI is InChI=1S/C49H34N4O/c1-5-16-34(17-6-1)47-50-48(35-18-7-2-8-19-35)52-49(51-47)41-26-15-27-43-44(41)45-40-25-14-13-20-36(40)32-42(46(45)54-43)33-28-30-39(31-29-33)53(37-21-9-3-10-22-37)38-23-11-4-12-24-38/h1-32,47H,(H,50,51,52). The highest BCUT2D eigenvalue weighted by Gasteiger charge is 2.25. The predicted molar refractivity (Wildman–Crippen MR) is 223 cm³/mol. The van der Waals surface area contributed by atoms with Gasteiger partial charge in [-0.15, -0.1) is 0 Å². The highest BCUT2D eigenvalue weighted by Crippen LogP contribution is 2.43. The zero-order valence-electron chi connectivity index (χ0n) is 29.3. The Morgan fingerprint density at radius 3 is 1.81 bits per heavy atom. The van der Waals surface area contributed by atoms with Gasteiger partial charge in [-0.3, -0.25) is 0 Å². The zero-order valence-corrected chi connectivity index (χ0v) is 29.3. The Morgan fingerprint density at radius 2 is 1.11 bits per heavy atom. The number of nitrogens with one attached hydrogen (secondary N) is 1. The van der Waals surface area contributed by atoms with Crippen LogP contribution in [0.5, 0.6) is 0 Å². The average Bonchev–Trinajstić information content (AvgIpc) is 3.66. The van der Waals surface area contributed by atoms with Gasteiger partial charge < -0.3 is 14.6 Å². The third-order valence-corrected chi connectivity index (χ3v) is 10.1. The molecule has 2 heterocycles. The first-order chi connectivity index (χ1) is 26.8. The molecule has 0 saturated carbocycles. The van der Waals surface area contributed by atoms with E-state index in [9.17, 15) is 0 Å². The minimum atomic E-state index is -0.306. The molecule has 0 aliphatic carbocycles. The molecule has 0 bridgehead atoms. The summed E-state index contributed by atoms with van der Waals surface area (Å²) in [5.41, 5.74) is 10.0. The van der Waals surface area contributed by atoms with E-state index in [1.807, 2.05) is 54.6 Å². The van der Waals surface area contributed by atoms with Crippen molar-refractivity contribution in [3.8, 4) is 11.1 Å². The first-order valence-electron chi connectivity index (χ1n) is 18.2. The first kappa shape index (κ1) is 31.5. The highest BCUT2D eigenvalue weighted by atomic mass is 16.3. The molecular formula is C49H34N4O. The average molecular weight is 695 g/mol. The Bertz CT molecular complexity index is 2790. The maximum atomic E-state index is 6.89. The van der Waals surface area contributed by atoms with Crippen molar-refractivity contribution in [1.82, 2.24) is 5.32 Å². The lowest BCUT2D eigenvalue weighted by Crippen LogP contribution is -2.33. The molecule has 0 fully saturated rings. The summed E-state index contributed by atoms with van der Waals surface area (Å²) in [4.78, 5) is 12.5. The molecule has 0 amide bonds. The molecule has 5 nitrogen and oxygen atoms in total. The lowest BCUT2D eigenvalue weighted by atomic mass is 9.94. The SMILES string of the molecule is c1ccc(C2=NC(c3ccccc3)NC(c3cccc4oc5c(-c6ccc(N(c7ccccc7)c7ccccc7)cc6)cc6ccccc6c5c34)=N2)cc1. The molecule has 8 aromatic carbocycles. The highest BCUT2D eigenvalue weighted by molar-refractivity contribution is 6.28. The number of hydrogen-bond acceptors (Lipinski definition) is 5. The smallest absolute Gasteiger partial charge is 0.159 e. The van der Waals surface area contributed by atoms with Gasteiger partial charge in [-0.1, -0.05) is 146 Å². The van der Waals surface area contributed by atoms with E-state index in [0.717, 1.165) is 83.4 Å². The lowest BCUT2D eigenvalue weighted by molar-refractivity contribution is 0.669. The molecule has 0 spiro atoms. The van der Waals surface area contributed by atoms with Crippen molar-refractivity contribution in [2.45, 2.75) is 6.17 Å². The largest absolute Gasteiger partial charge is 0.455 e. The number of hydrogen-bond donors (Lipinski definition) is 1. The number of aliphatic imine (C=N–C) groups is 2. The summed E-state index contributed by atoms with van der Waals surface area (Å²) in [6.07, 6.45) is -0.306. The van der Waals surface area contributed by atoms with E-state index in [2.05, 4.69) is 150 Å². The number of amidine groups is 2. The molecule has 0 radical (unpaired) electrons. The Morgan fingerprint density at radius 1 is 0.500 bits per heavy atom. The van der Waals surface area contributed by atoms with Gasteiger partial charge in [0.05, 0.1) is 0 Å². The number of nitrogens with zero attached hydrogens (tertiary/aromatic N) is 3. The van der Waals surface area contributed by atoms with Crippen LogP contribution in [0.4, 0.5) is 17.1 Å². The summed E-state index contributed by atoms with van der Waals surface area (Å²) < 4.78 is 6.89. The molecule has 54 heavy (non-hydrogen) atoms. The molecule has 1 aliphatic rings. The summed E-state index contributed by atoms with van der Waals surface area (Å²) >= 11 is 0. The molecule has 1 unspecified atom stereocenters. The first-order valence-corrected chi connectivity index (χ1v) is 18.2. The molecule has 1 aliphatic heterocycles. The Labute approximate surface area is 313 Å². The number of anilines is 3. The van der Waals surface area contributed by atoms with Gasteiger partial charge >= 0.3 is 0 Å². The van der Waals surface area contributed by atoms with Gasteiger partial charge in [-0.25, -0.2) is 9.98 Å². The minimum Gasteiger partial charge on any atom is -0.455 e. The molecule has 1 N–H and O–H groups in total. The third-order valence-electron chi connectivity index (χ3n) is 10.1. The van der Waals surface area contributed by atoms with Gasteiger partial charge in [-0.05, 0) is 70.4 Å². The summed E-state index contributed by atoms with van der Waals surface area (Å²) in [7, 11) is 0. The van der Waals surface area contributed by atoms with E-state index < -0.39 is 0 Å². The third kappa shape index (κ3) is 5.60. The second kappa shape index (κ2) is 13.4. The zero-order chi connectivity index (χ0) is 35.8. The number of rotatable bonds is 7. The fourth-order valence-corrected chi connectivity index (χ4v) is 7.58. The molecule has 256 valence electrons. The Balaban J connectivity index is 1.14. The van der Waals surface area contributed by atoms with Crippen LogP contribution in [0.2, 0.25) is 0 Å². The summed E-state index contributed by atoms with van der Waals surface area (Å²) in [6, 6.07) is 67.3. The molecule has 9 aromatic rings. The number of fused-ring (bicyclic) bond motifs is 5. The normalized spacial score (nSPS) is 14.1. The van der Waals surface area contributed by atoms with Crippen LogP contribution in [0.25, 0.3) is 43.8 Å². The van der Waals surface area contributed by atoms with Crippen molar-refractivity contribution >= 4 is 61.4 Å². The van der Waals surface area contributed by atoms with Crippen LogP contribution in [0.15, 0.2) is 209 Å². The maximum absolute atomic E-state index is 6.89. The van der Waals surface area contributed by atoms with E-state index >= 15 is 0 Å². The van der Waals surface area contributed by atoms with Crippen LogP contribution < -0.4 is 10.2 Å². The lowest BCUT2D eigenvalue weighted by Gasteiger charge is -2.25. The predicted octanol–water partition coefficient (Wildman–Crippen LogP) is 12.4. The number of benzene rings is 8. The van der Waals surface area contributed by atoms with Crippen molar-refractivity contribution in [2.24, 2.45) is 9.98 Å². The van der Waals surface area contributed by atoms with Crippen molar-refractivity contribution in [3.63, 3.8) is 0 Å². The van der Waals surface area contributed by atoms with Gasteiger partial charge in [0.25, 0.3) is 0 Å². The van der Waals surface area contributed by atoms with Crippen molar-refractivity contribution in [1.29, 1.82) is 0 Å². The minimum absolute atomic E-state index is 0.306. The van der Waals surface area contributed by atoms with Gasteiger partial charge in [0.15, 0.2) is 5.84 Å². The van der Waals surface area contributed by atoms with Gasteiger partial charge in [0, 0.05) is 44.5 Å². The van der Waals surface area contributed by atoms with Crippen molar-refractivity contribution < 1.29 is 4.42 Å². The van der Waals surface area contributed by atoms with E-state index in [4.69, 9.17) is 14.4 Å². The molecule has 0 saturated heterocycles. The number of para-hydroxylation sites is 2. The molecule has 10 rings (SSSR count). The second-order valence-corrected chi connectivity index (χ2v) is 13.4. The Hall–Kier alpha value is -7.24. The van der Waals surface area contributed by atoms with E-state index in [-0.39, 0.29) is 6.17 Å². The molecule has 1 aromatic heterocycles. The van der Waals surface area contributed by atoms with Crippen LogP contribution in [0.3, 0.4) is 0 Å². The Kier molecular flexibility index (Phi) is 7.81. The number of furan rings is 1. The molecule has 1 atom stereocenters. The fraction of sp³-hybridized carbons (Fsp3) is 0.0204. The second-order valence-electron chi connectivity index (χ2n) is 13.4. The van der Waals surface area contributed by atoms with Crippen LogP contribution in [-0.4, -0.2) is 11.7 Å². The molecule has 5 heteroatoms. The van der Waals surface area contributed by atoms with Crippen LogP contribution in [0.1, 0.15) is 22.9 Å². The van der Waals surface area contributed by atoms with Crippen molar-refractivity contribution in [3.05, 3.63) is 211 Å². The molecular weight excluding hydrogens is 661 g/mol. The topological polar surface area (TPSA) is 53.1 Å². The van der Waals surface area contributed by atoms with E-state index in [1.54, 1.807) is 0 Å².